The minimum Gasteiger partial charge on any atom is -0.389 e. The topological polar surface area (TPSA) is 78.9 Å². The molecule has 1 atom stereocenters. The van der Waals surface area contributed by atoms with Crippen LogP contribution in [0, 0.1) is 0 Å². The molecule has 0 aliphatic rings. The maximum absolute atomic E-state index is 12.1. The molecular weight excluding hydrogens is 280 g/mol. The molecule has 114 valence electrons. The number of anilines is 1. The Morgan fingerprint density at radius 3 is 2.65 bits per heavy atom. The van der Waals surface area contributed by atoms with Crippen molar-refractivity contribution in [1.82, 2.24) is 4.72 Å². The third-order valence-electron chi connectivity index (χ3n) is 2.74. The number of para-hydroxylation sites is 1. The molecule has 1 aromatic carbocycles. The summed E-state index contributed by atoms with van der Waals surface area (Å²) in [6.45, 7) is 2.54. The molecule has 0 spiro atoms. The molecule has 0 bridgehead atoms. The number of sulfonamides is 1. The van der Waals surface area contributed by atoms with Gasteiger partial charge in [0.1, 0.15) is 4.90 Å². The van der Waals surface area contributed by atoms with Crippen LogP contribution in [0.15, 0.2) is 29.2 Å². The minimum absolute atomic E-state index is 0.201. The molecule has 0 radical (unpaired) electrons. The van der Waals surface area contributed by atoms with E-state index in [2.05, 4.69) is 4.72 Å². The Bertz CT molecular complexity index is 519. The Labute approximate surface area is 120 Å². The largest absolute Gasteiger partial charge is 0.389 e. The first-order valence-corrected chi connectivity index (χ1v) is 7.87. The molecule has 0 heterocycles. The first-order valence-electron chi connectivity index (χ1n) is 6.39. The van der Waals surface area contributed by atoms with Gasteiger partial charge >= 0.3 is 0 Å². The standard InChI is InChI=1S/C13H22N2O4S/c1-4-14-20(17,18)13-8-6-5-7-12(13)15(2)9-11(16)10-19-3/h5-8,11,14,16H,4,9-10H2,1-3H3. The molecule has 6 nitrogen and oxygen atoms in total. The van der Waals surface area contributed by atoms with Crippen molar-refractivity contribution in [2.45, 2.75) is 17.9 Å². The molecule has 7 heteroatoms. The van der Waals surface area contributed by atoms with Gasteiger partial charge in [0.25, 0.3) is 0 Å². The summed E-state index contributed by atoms with van der Waals surface area (Å²) < 4.78 is 31.6. The van der Waals surface area contributed by atoms with E-state index < -0.39 is 16.1 Å². The first-order chi connectivity index (χ1) is 9.42. The quantitative estimate of drug-likeness (QED) is 0.728. The minimum atomic E-state index is -3.54. The molecule has 0 aromatic heterocycles. The van der Waals surface area contributed by atoms with Crippen molar-refractivity contribution in [3.05, 3.63) is 24.3 Å². The Morgan fingerprint density at radius 1 is 1.40 bits per heavy atom. The lowest BCUT2D eigenvalue weighted by atomic mass is 10.2. The number of nitrogens with one attached hydrogen (secondary N) is 1. The fourth-order valence-electron chi connectivity index (χ4n) is 1.93. The molecule has 1 unspecified atom stereocenters. The average molecular weight is 302 g/mol. The number of methoxy groups -OCH3 is 1. The number of hydrogen-bond acceptors (Lipinski definition) is 5. The van der Waals surface area contributed by atoms with Gasteiger partial charge in [-0.15, -0.1) is 0 Å². The van der Waals surface area contributed by atoms with E-state index in [1.54, 1.807) is 43.1 Å². The highest BCUT2D eigenvalue weighted by Crippen LogP contribution is 2.24. The van der Waals surface area contributed by atoms with Crippen LogP contribution in [0.5, 0.6) is 0 Å². The normalized spacial score (nSPS) is 13.2. The molecule has 1 aromatic rings. The Balaban J connectivity index is 3.01. The van der Waals surface area contributed by atoms with Crippen molar-refractivity contribution < 1.29 is 18.3 Å². The highest BCUT2D eigenvalue weighted by Gasteiger charge is 2.20. The lowest BCUT2D eigenvalue weighted by Crippen LogP contribution is -2.33. The maximum Gasteiger partial charge on any atom is 0.242 e. The molecule has 0 aliphatic heterocycles. The predicted octanol–water partition coefficient (Wildman–Crippen LogP) is 0.428. The second-order valence-corrected chi connectivity index (χ2v) is 6.19. The van der Waals surface area contributed by atoms with Crippen LogP contribution in [0.2, 0.25) is 0 Å². The highest BCUT2D eigenvalue weighted by atomic mass is 32.2. The first kappa shape index (κ1) is 16.9. The highest BCUT2D eigenvalue weighted by molar-refractivity contribution is 7.89. The molecule has 0 saturated carbocycles. The van der Waals surface area contributed by atoms with E-state index in [-0.39, 0.29) is 18.0 Å². The summed E-state index contributed by atoms with van der Waals surface area (Å²) in [4.78, 5) is 1.91. The zero-order chi connectivity index (χ0) is 15.2. The number of rotatable bonds is 8. The fourth-order valence-corrected chi connectivity index (χ4v) is 3.22. The van der Waals surface area contributed by atoms with Gasteiger partial charge in [-0.1, -0.05) is 19.1 Å². The summed E-state index contributed by atoms with van der Waals surface area (Å²) in [5.41, 5.74) is 0.545. The summed E-state index contributed by atoms with van der Waals surface area (Å²) in [5.74, 6) is 0. The van der Waals surface area contributed by atoms with Gasteiger partial charge in [0.2, 0.25) is 10.0 Å². The molecule has 0 saturated heterocycles. The Morgan fingerprint density at radius 2 is 2.05 bits per heavy atom. The Hall–Kier alpha value is -1.15. The van der Waals surface area contributed by atoms with Crippen LogP contribution in [0.1, 0.15) is 6.92 Å². The van der Waals surface area contributed by atoms with Gasteiger partial charge in [-0.25, -0.2) is 13.1 Å². The van der Waals surface area contributed by atoms with Gasteiger partial charge < -0.3 is 14.7 Å². The van der Waals surface area contributed by atoms with E-state index in [4.69, 9.17) is 4.74 Å². The summed E-state index contributed by atoms with van der Waals surface area (Å²) in [6, 6.07) is 6.70. The fraction of sp³-hybridized carbons (Fsp3) is 0.538. The number of benzene rings is 1. The van der Waals surface area contributed by atoms with E-state index in [1.165, 1.54) is 7.11 Å². The van der Waals surface area contributed by atoms with Gasteiger partial charge in [-0.2, -0.15) is 0 Å². The van der Waals surface area contributed by atoms with Crippen molar-refractivity contribution in [3.63, 3.8) is 0 Å². The molecule has 0 aliphatic carbocycles. The van der Waals surface area contributed by atoms with E-state index in [9.17, 15) is 13.5 Å². The van der Waals surface area contributed by atoms with Crippen LogP contribution in [-0.2, 0) is 14.8 Å². The smallest absolute Gasteiger partial charge is 0.242 e. The molecule has 0 fully saturated rings. The van der Waals surface area contributed by atoms with Gasteiger partial charge in [0.05, 0.1) is 18.4 Å². The monoisotopic (exact) mass is 302 g/mol. The van der Waals surface area contributed by atoms with Crippen LogP contribution in [0.3, 0.4) is 0 Å². The Kier molecular flexibility index (Phi) is 6.41. The second-order valence-electron chi connectivity index (χ2n) is 4.46. The predicted molar refractivity (Wildman–Crippen MR) is 78.5 cm³/mol. The van der Waals surface area contributed by atoms with Crippen LogP contribution >= 0.6 is 0 Å². The van der Waals surface area contributed by atoms with Crippen molar-refractivity contribution in [1.29, 1.82) is 0 Å². The van der Waals surface area contributed by atoms with Crippen LogP contribution < -0.4 is 9.62 Å². The number of hydrogen-bond donors (Lipinski definition) is 2. The van der Waals surface area contributed by atoms with Crippen molar-refractivity contribution in [2.75, 3.05) is 38.8 Å². The number of nitrogens with zero attached hydrogens (tertiary/aromatic N) is 1. The molecule has 0 amide bonds. The summed E-state index contributed by atoms with van der Waals surface area (Å²) in [7, 11) is -0.297. The van der Waals surface area contributed by atoms with Gasteiger partial charge in [0.15, 0.2) is 0 Å². The van der Waals surface area contributed by atoms with Crippen molar-refractivity contribution >= 4 is 15.7 Å². The van der Waals surface area contributed by atoms with Crippen molar-refractivity contribution in [3.8, 4) is 0 Å². The summed E-state index contributed by atoms with van der Waals surface area (Å²) >= 11 is 0. The van der Waals surface area contributed by atoms with E-state index in [1.807, 2.05) is 0 Å². The van der Waals surface area contributed by atoms with Gasteiger partial charge in [-0.05, 0) is 12.1 Å². The third kappa shape index (κ3) is 4.45. The van der Waals surface area contributed by atoms with Gasteiger partial charge in [0, 0.05) is 27.2 Å². The zero-order valence-corrected chi connectivity index (χ0v) is 12.9. The number of likely N-dealkylation sites (N-methyl/N-ethyl adjacent to an activating group) is 1. The SMILES string of the molecule is CCNS(=O)(=O)c1ccccc1N(C)CC(O)COC. The second kappa shape index (κ2) is 7.58. The van der Waals surface area contributed by atoms with Crippen molar-refractivity contribution in [2.24, 2.45) is 0 Å². The van der Waals surface area contributed by atoms with Crippen LogP contribution in [0.25, 0.3) is 0 Å². The van der Waals surface area contributed by atoms with E-state index >= 15 is 0 Å². The molecule has 1 rings (SSSR count). The van der Waals surface area contributed by atoms with Crippen LogP contribution in [-0.4, -0.2) is 53.5 Å². The van der Waals surface area contributed by atoms with E-state index in [0.29, 0.717) is 12.2 Å². The van der Waals surface area contributed by atoms with Crippen LogP contribution in [0.4, 0.5) is 5.69 Å². The summed E-state index contributed by atoms with van der Waals surface area (Å²) in [6.07, 6.45) is -0.681. The van der Waals surface area contributed by atoms with E-state index in [0.717, 1.165) is 0 Å². The number of ether oxygens (including phenoxy) is 1. The number of aliphatic hydroxyl groups excluding tert-OH is 1. The lowest BCUT2D eigenvalue weighted by Gasteiger charge is -2.24. The maximum atomic E-state index is 12.1. The molecule has 20 heavy (non-hydrogen) atoms. The number of aliphatic hydroxyl groups is 1. The lowest BCUT2D eigenvalue weighted by molar-refractivity contribution is 0.0694. The average Bonchev–Trinajstić information content (AvgIpc) is 2.39. The molecule has 2 N–H and O–H groups in total. The third-order valence-corrected chi connectivity index (χ3v) is 4.34. The zero-order valence-electron chi connectivity index (χ0n) is 12.0. The summed E-state index contributed by atoms with van der Waals surface area (Å²) in [5, 5.41) is 9.75. The molecular formula is C13H22N2O4S. The van der Waals surface area contributed by atoms with Gasteiger partial charge in [-0.3, -0.25) is 0 Å².